The fourth-order valence-electron chi connectivity index (χ4n) is 5.85. The highest BCUT2D eigenvalue weighted by Crippen LogP contribution is 2.26. The van der Waals surface area contributed by atoms with Crippen molar-refractivity contribution in [1.29, 1.82) is 0 Å². The lowest BCUT2D eigenvalue weighted by atomic mass is 10.1. The van der Waals surface area contributed by atoms with Crippen LogP contribution in [0.4, 0.5) is 53.5 Å². The van der Waals surface area contributed by atoms with Crippen molar-refractivity contribution in [2.24, 2.45) is 0 Å². The molecule has 0 heterocycles. The number of nitrogen functional groups attached to an aromatic ring is 4. The zero-order chi connectivity index (χ0) is 52.4. The van der Waals surface area contributed by atoms with E-state index in [4.69, 9.17) is 46.6 Å². The van der Waals surface area contributed by atoms with Crippen LogP contribution in [0.25, 0.3) is 12.2 Å². The van der Waals surface area contributed by atoms with Gasteiger partial charge in [0.1, 0.15) is 42.0 Å². The van der Waals surface area contributed by atoms with Gasteiger partial charge in [0.2, 0.25) is 0 Å². The molecule has 0 saturated carbocycles. The molecule has 6 rings (SSSR count). The van der Waals surface area contributed by atoms with Gasteiger partial charge in [-0.25, -0.2) is 23.6 Å². The molecule has 8 N–H and O–H groups in total. The highest BCUT2D eigenvalue weighted by atomic mass is 19.4. The summed E-state index contributed by atoms with van der Waals surface area (Å²) in [4.78, 5) is 48.4. The number of nitrogens with two attached hydrogens (primary N) is 4. The monoisotopic (exact) mass is 1000 g/mol. The van der Waals surface area contributed by atoms with Gasteiger partial charge in [0.05, 0.1) is 17.7 Å². The molecule has 0 aliphatic carbocycles. The normalized spacial score (nSPS) is 11.3. The standard InChI is InChI=1S/C27H24F4N2O5.C24H19F3N2O5/c28-23-15-21(36-13-1-12-27(29,30)31)8-9-22(23)26(35)38-20-6-2-17(3-7-20)4-11-25(34)37-16-18-14-19(32)5-10-24(18)33;25-24(26,27)34-20-10-5-16(6-11-20)23(31)33-19-8-1-15(2-9-19)3-12-22(30)32-14-17-4-7-18(28)13-21(17)29/h2-11,14-15H,1,12-13,16,32-33H2;1-13H,14,28-29H2/b11-4+;12-3+. The summed E-state index contributed by atoms with van der Waals surface area (Å²) in [6.45, 7) is -0.303. The summed E-state index contributed by atoms with van der Waals surface area (Å²) in [6, 6.07) is 29.6. The molecule has 0 spiro atoms. The van der Waals surface area contributed by atoms with E-state index < -0.39 is 54.4 Å². The molecule has 0 atom stereocenters. The van der Waals surface area contributed by atoms with Crippen LogP contribution in [0, 0.1) is 5.82 Å². The van der Waals surface area contributed by atoms with Crippen molar-refractivity contribution in [1.82, 2.24) is 0 Å². The Morgan fingerprint density at radius 2 is 1.04 bits per heavy atom. The molecule has 0 fully saturated rings. The Labute approximate surface area is 406 Å². The van der Waals surface area contributed by atoms with E-state index in [1.165, 1.54) is 54.6 Å². The molecule has 21 heteroatoms. The lowest BCUT2D eigenvalue weighted by molar-refractivity contribution is -0.274. The number of carbonyl (C=O) groups excluding carboxylic acids is 4. The average Bonchev–Trinajstić information content (AvgIpc) is 3.32. The van der Waals surface area contributed by atoms with Crippen LogP contribution in [0.15, 0.2) is 140 Å². The molecule has 0 aliphatic heterocycles. The minimum Gasteiger partial charge on any atom is -0.493 e. The zero-order valence-electron chi connectivity index (χ0n) is 37.5. The average molecular weight is 1000 g/mol. The fraction of sp³-hybridized carbons (Fsp3) is 0.137. The number of halogens is 7. The Bertz CT molecular complexity index is 2890. The lowest BCUT2D eigenvalue weighted by Crippen LogP contribution is -2.17. The summed E-state index contributed by atoms with van der Waals surface area (Å²) in [5.74, 6) is -3.98. The third-order valence-corrected chi connectivity index (χ3v) is 9.44. The first-order valence-electron chi connectivity index (χ1n) is 21.1. The van der Waals surface area contributed by atoms with Gasteiger partial charge in [-0.2, -0.15) is 13.2 Å². The van der Waals surface area contributed by atoms with Crippen LogP contribution in [0.1, 0.15) is 55.8 Å². The number of carbonyl (C=O) groups is 4. The predicted octanol–water partition coefficient (Wildman–Crippen LogP) is 10.4. The number of anilines is 4. The van der Waals surface area contributed by atoms with E-state index in [0.717, 1.165) is 36.4 Å². The highest BCUT2D eigenvalue weighted by Gasteiger charge is 2.31. The minimum atomic E-state index is -4.82. The summed E-state index contributed by atoms with van der Waals surface area (Å²) >= 11 is 0. The third kappa shape index (κ3) is 18.5. The molecule has 72 heavy (non-hydrogen) atoms. The minimum absolute atomic E-state index is 0.00646. The van der Waals surface area contributed by atoms with Crippen LogP contribution in [0.5, 0.6) is 23.0 Å². The molecule has 0 aliphatic rings. The molecule has 6 aromatic rings. The second-order valence-electron chi connectivity index (χ2n) is 15.0. The van der Waals surface area contributed by atoms with E-state index in [-0.39, 0.29) is 54.6 Å². The van der Waals surface area contributed by atoms with Crippen molar-refractivity contribution in [2.45, 2.75) is 38.6 Å². The molecule has 0 saturated heterocycles. The van der Waals surface area contributed by atoms with Crippen LogP contribution in [-0.4, -0.2) is 43.0 Å². The predicted molar refractivity (Wildman–Crippen MR) is 251 cm³/mol. The van der Waals surface area contributed by atoms with E-state index >= 15 is 0 Å². The number of hydrogen-bond donors (Lipinski definition) is 4. The van der Waals surface area contributed by atoms with Gasteiger partial charge in [0, 0.05) is 58.5 Å². The van der Waals surface area contributed by atoms with Gasteiger partial charge in [-0.15, -0.1) is 13.2 Å². The van der Waals surface area contributed by atoms with Gasteiger partial charge in [-0.3, -0.25) is 0 Å². The topological polar surface area (TPSA) is 228 Å². The van der Waals surface area contributed by atoms with Crippen molar-refractivity contribution >= 4 is 58.8 Å². The molecule has 0 bridgehead atoms. The second-order valence-corrected chi connectivity index (χ2v) is 15.0. The van der Waals surface area contributed by atoms with Crippen LogP contribution >= 0.6 is 0 Å². The summed E-state index contributed by atoms with van der Waals surface area (Å²) in [7, 11) is 0. The second kappa shape index (κ2) is 25.0. The molecular formula is C51H43F7N4O10. The first-order valence-corrected chi connectivity index (χ1v) is 21.1. The van der Waals surface area contributed by atoms with E-state index in [2.05, 4.69) is 4.74 Å². The van der Waals surface area contributed by atoms with Crippen molar-refractivity contribution in [2.75, 3.05) is 29.5 Å². The van der Waals surface area contributed by atoms with E-state index in [0.29, 0.717) is 45.0 Å². The van der Waals surface area contributed by atoms with Crippen LogP contribution in [-0.2, 0) is 32.3 Å². The summed E-state index contributed by atoms with van der Waals surface area (Å²) in [6.07, 6.45) is -4.96. The smallest absolute Gasteiger partial charge is 0.493 e. The number of hydrogen-bond acceptors (Lipinski definition) is 14. The van der Waals surface area contributed by atoms with E-state index in [9.17, 15) is 49.9 Å². The molecule has 0 amide bonds. The van der Waals surface area contributed by atoms with Crippen molar-refractivity contribution in [3.63, 3.8) is 0 Å². The molecule has 0 aromatic heterocycles. The maximum absolute atomic E-state index is 14.3. The number of benzene rings is 6. The number of ether oxygens (including phenoxy) is 6. The van der Waals surface area contributed by atoms with E-state index in [1.807, 2.05) is 0 Å². The largest absolute Gasteiger partial charge is 0.573 e. The lowest BCUT2D eigenvalue weighted by Gasteiger charge is -2.10. The van der Waals surface area contributed by atoms with Gasteiger partial charge >= 0.3 is 36.4 Å². The van der Waals surface area contributed by atoms with Crippen LogP contribution in [0.3, 0.4) is 0 Å². The first kappa shape index (κ1) is 53.9. The summed E-state index contributed by atoms with van der Waals surface area (Å²) in [5, 5.41) is 0. The van der Waals surface area contributed by atoms with Crippen molar-refractivity contribution in [3.05, 3.63) is 179 Å². The quantitative estimate of drug-likeness (QED) is 0.0166. The first-order chi connectivity index (χ1) is 34.1. The Morgan fingerprint density at radius 1 is 0.528 bits per heavy atom. The van der Waals surface area contributed by atoms with Gasteiger partial charge in [0.15, 0.2) is 0 Å². The molecule has 376 valence electrons. The molecular weight excluding hydrogens is 962 g/mol. The van der Waals surface area contributed by atoms with Gasteiger partial charge in [-0.1, -0.05) is 30.3 Å². The van der Waals surface area contributed by atoms with E-state index in [1.54, 1.807) is 60.7 Å². The maximum Gasteiger partial charge on any atom is 0.573 e. The highest BCUT2D eigenvalue weighted by molar-refractivity contribution is 5.92. The van der Waals surface area contributed by atoms with Gasteiger partial charge in [-0.05, 0) is 121 Å². The van der Waals surface area contributed by atoms with Gasteiger partial charge in [0.25, 0.3) is 0 Å². The van der Waals surface area contributed by atoms with Crippen molar-refractivity contribution < 1.29 is 78.3 Å². The van der Waals surface area contributed by atoms with Gasteiger partial charge < -0.3 is 51.4 Å². The molecule has 0 unspecified atom stereocenters. The number of alkyl halides is 6. The summed E-state index contributed by atoms with van der Waals surface area (Å²) < 4.78 is 117. The molecule has 0 radical (unpaired) electrons. The third-order valence-electron chi connectivity index (χ3n) is 9.44. The number of esters is 4. The summed E-state index contributed by atoms with van der Waals surface area (Å²) in [5.41, 5.74) is 26.9. The fourth-order valence-corrected chi connectivity index (χ4v) is 5.85. The Kier molecular flexibility index (Phi) is 18.7. The zero-order valence-corrected chi connectivity index (χ0v) is 37.5. The maximum atomic E-state index is 14.3. The molecule has 14 nitrogen and oxygen atoms in total. The molecule has 6 aromatic carbocycles. The van der Waals surface area contributed by atoms with Crippen LogP contribution in [0.2, 0.25) is 0 Å². The number of rotatable bonds is 17. The Balaban J connectivity index is 0.000000269. The Hall–Kier alpha value is -9.01. The SMILES string of the molecule is Nc1ccc(COC(=O)/C=C/c2ccc(OC(=O)c3ccc(OC(F)(F)F)cc3)cc2)c(N)c1.Nc1ccc(N)c(COC(=O)/C=C/c2ccc(OC(=O)c3ccc(OCCCC(F)(F)F)cc3F)cc2)c1. The van der Waals surface area contributed by atoms with Crippen molar-refractivity contribution in [3.8, 4) is 23.0 Å². The Morgan fingerprint density at radius 3 is 1.58 bits per heavy atom. The van der Waals surface area contributed by atoms with Crippen LogP contribution < -0.4 is 41.9 Å².